The minimum Gasteiger partial charge on any atom is -0.321 e. The molecule has 0 unspecified atom stereocenters. The van der Waals surface area contributed by atoms with Crippen LogP contribution in [0.25, 0.3) is 27.9 Å². The summed E-state index contributed by atoms with van der Waals surface area (Å²) >= 11 is 6.12. The molecule has 3 aromatic carbocycles. The van der Waals surface area contributed by atoms with Crippen molar-refractivity contribution in [1.29, 1.82) is 0 Å². The second-order valence-corrected chi connectivity index (χ2v) is 7.48. The normalized spacial score (nSPS) is 10.9. The number of fused-ring (bicyclic) bond motifs is 1. The third-order valence-electron chi connectivity index (χ3n) is 4.99. The van der Waals surface area contributed by atoms with E-state index in [1.165, 1.54) is 0 Å². The Hall–Kier alpha value is -3.96. The van der Waals surface area contributed by atoms with Gasteiger partial charge in [-0.2, -0.15) is 5.10 Å². The van der Waals surface area contributed by atoms with E-state index < -0.39 is 0 Å². The molecule has 0 aliphatic carbocycles. The lowest BCUT2D eigenvalue weighted by molar-refractivity contribution is 0.102. The number of carbonyl (C=O) groups excluding carboxylic acids is 1. The topological polar surface area (TPSA) is 59.3 Å². The molecular weight excluding hydrogens is 408 g/mol. The van der Waals surface area contributed by atoms with Gasteiger partial charge in [-0.05, 0) is 47.0 Å². The van der Waals surface area contributed by atoms with Gasteiger partial charge in [-0.15, -0.1) is 0 Å². The number of halogens is 1. The molecule has 6 heteroatoms. The molecule has 0 aliphatic rings. The lowest BCUT2D eigenvalue weighted by atomic mass is 10.1. The lowest BCUT2D eigenvalue weighted by Gasteiger charge is -2.07. The fraction of sp³-hybridized carbons (Fsp3) is 0. The van der Waals surface area contributed by atoms with E-state index in [1.807, 2.05) is 66.7 Å². The second kappa shape index (κ2) is 8.05. The van der Waals surface area contributed by atoms with Crippen molar-refractivity contribution in [2.75, 3.05) is 5.32 Å². The molecule has 0 atom stereocenters. The summed E-state index contributed by atoms with van der Waals surface area (Å²) in [5.41, 5.74) is 5.52. The van der Waals surface area contributed by atoms with Crippen molar-refractivity contribution >= 4 is 28.8 Å². The molecule has 0 bridgehead atoms. The van der Waals surface area contributed by atoms with Gasteiger partial charge in [0.1, 0.15) is 5.69 Å². The van der Waals surface area contributed by atoms with Crippen LogP contribution in [0.5, 0.6) is 0 Å². The van der Waals surface area contributed by atoms with Gasteiger partial charge >= 0.3 is 0 Å². The molecule has 5 aromatic rings. The summed E-state index contributed by atoms with van der Waals surface area (Å²) in [4.78, 5) is 17.4. The molecule has 2 aromatic heterocycles. The van der Waals surface area contributed by atoms with E-state index in [0.29, 0.717) is 22.1 Å². The smallest absolute Gasteiger partial charge is 0.274 e. The second-order valence-electron chi connectivity index (χ2n) is 7.05. The maximum absolute atomic E-state index is 12.8. The van der Waals surface area contributed by atoms with E-state index in [9.17, 15) is 4.79 Å². The minimum absolute atomic E-state index is 0.284. The van der Waals surface area contributed by atoms with Crippen molar-refractivity contribution < 1.29 is 4.79 Å². The van der Waals surface area contributed by atoms with E-state index in [-0.39, 0.29) is 5.91 Å². The summed E-state index contributed by atoms with van der Waals surface area (Å²) in [6, 6.07) is 26.9. The van der Waals surface area contributed by atoms with Gasteiger partial charge in [0.05, 0.1) is 6.20 Å². The summed E-state index contributed by atoms with van der Waals surface area (Å²) in [6.45, 7) is 0. The van der Waals surface area contributed by atoms with Gasteiger partial charge in [0.15, 0.2) is 5.65 Å². The highest BCUT2D eigenvalue weighted by Gasteiger charge is 2.13. The van der Waals surface area contributed by atoms with Crippen LogP contribution in [0, 0.1) is 0 Å². The van der Waals surface area contributed by atoms with E-state index in [2.05, 4.69) is 27.5 Å². The van der Waals surface area contributed by atoms with Crippen molar-refractivity contribution in [3.05, 3.63) is 108 Å². The number of rotatable bonds is 4. The SMILES string of the molecule is O=C(Nc1ccc(-c2ccccc2)cc1)c1ccn2ncc(-c3cccc(Cl)c3)c2n1. The van der Waals surface area contributed by atoms with Crippen molar-refractivity contribution in [2.45, 2.75) is 0 Å². The number of carbonyl (C=O) groups is 1. The maximum atomic E-state index is 12.8. The first-order valence-corrected chi connectivity index (χ1v) is 10.1. The Labute approximate surface area is 184 Å². The number of aromatic nitrogens is 3. The van der Waals surface area contributed by atoms with E-state index in [0.717, 1.165) is 22.3 Å². The molecule has 0 radical (unpaired) electrons. The zero-order chi connectivity index (χ0) is 21.2. The van der Waals surface area contributed by atoms with Crippen LogP contribution in [0.3, 0.4) is 0 Å². The first-order chi connectivity index (χ1) is 15.2. The first kappa shape index (κ1) is 19.0. The summed E-state index contributed by atoms with van der Waals surface area (Å²) in [5, 5.41) is 7.87. The maximum Gasteiger partial charge on any atom is 0.274 e. The molecule has 31 heavy (non-hydrogen) atoms. The van der Waals surface area contributed by atoms with Gasteiger partial charge in [0, 0.05) is 22.5 Å². The first-order valence-electron chi connectivity index (χ1n) is 9.74. The summed E-state index contributed by atoms with van der Waals surface area (Å²) in [6.07, 6.45) is 3.45. The molecule has 5 nitrogen and oxygen atoms in total. The minimum atomic E-state index is -0.284. The predicted octanol–water partition coefficient (Wildman–Crippen LogP) is 5.97. The Balaban J connectivity index is 1.40. The zero-order valence-corrected chi connectivity index (χ0v) is 17.1. The Morgan fingerprint density at radius 2 is 1.58 bits per heavy atom. The van der Waals surface area contributed by atoms with E-state index >= 15 is 0 Å². The Kier molecular flexibility index (Phi) is 4.94. The number of hydrogen-bond donors (Lipinski definition) is 1. The molecule has 0 spiro atoms. The highest BCUT2D eigenvalue weighted by Crippen LogP contribution is 2.26. The van der Waals surface area contributed by atoms with Crippen molar-refractivity contribution in [1.82, 2.24) is 14.6 Å². The third-order valence-corrected chi connectivity index (χ3v) is 5.22. The molecule has 150 valence electrons. The van der Waals surface area contributed by atoms with Crippen LogP contribution < -0.4 is 5.32 Å². The molecule has 2 heterocycles. The number of amides is 1. The number of nitrogens with zero attached hydrogens (tertiary/aromatic N) is 3. The van der Waals surface area contributed by atoms with Gasteiger partial charge in [-0.3, -0.25) is 4.79 Å². The Morgan fingerprint density at radius 3 is 2.35 bits per heavy atom. The van der Waals surface area contributed by atoms with Gasteiger partial charge in [-0.25, -0.2) is 9.50 Å². The van der Waals surface area contributed by atoms with Crippen LogP contribution in [0.15, 0.2) is 97.3 Å². The largest absolute Gasteiger partial charge is 0.321 e. The van der Waals surface area contributed by atoms with Crippen molar-refractivity contribution in [3.63, 3.8) is 0 Å². The zero-order valence-electron chi connectivity index (χ0n) is 16.4. The molecule has 0 fully saturated rings. The van der Waals surface area contributed by atoms with E-state index in [1.54, 1.807) is 23.0 Å². The molecular formula is C25H17ClN4O. The van der Waals surface area contributed by atoms with Crippen LogP contribution in [0.4, 0.5) is 5.69 Å². The average molecular weight is 425 g/mol. The van der Waals surface area contributed by atoms with Crippen LogP contribution in [0.1, 0.15) is 10.5 Å². The molecule has 0 saturated carbocycles. The summed E-state index contributed by atoms with van der Waals surface area (Å²) in [7, 11) is 0. The van der Waals surface area contributed by atoms with E-state index in [4.69, 9.17) is 11.6 Å². The monoisotopic (exact) mass is 424 g/mol. The fourth-order valence-corrected chi connectivity index (χ4v) is 3.62. The molecule has 0 saturated heterocycles. The Bertz CT molecular complexity index is 1380. The molecule has 1 N–H and O–H groups in total. The lowest BCUT2D eigenvalue weighted by Crippen LogP contribution is -2.14. The van der Waals surface area contributed by atoms with Crippen molar-refractivity contribution in [2.24, 2.45) is 0 Å². The highest BCUT2D eigenvalue weighted by molar-refractivity contribution is 6.30. The predicted molar refractivity (Wildman–Crippen MR) is 123 cm³/mol. The molecule has 0 aliphatic heterocycles. The number of nitrogens with one attached hydrogen (secondary N) is 1. The van der Waals surface area contributed by atoms with Crippen LogP contribution in [-0.2, 0) is 0 Å². The summed E-state index contributed by atoms with van der Waals surface area (Å²) < 4.78 is 1.64. The number of anilines is 1. The Morgan fingerprint density at radius 1 is 0.839 bits per heavy atom. The van der Waals surface area contributed by atoms with Crippen LogP contribution in [0.2, 0.25) is 5.02 Å². The molecule has 1 amide bonds. The number of hydrogen-bond acceptors (Lipinski definition) is 3. The van der Waals surface area contributed by atoms with Gasteiger partial charge in [0.2, 0.25) is 0 Å². The third kappa shape index (κ3) is 3.91. The quantitative estimate of drug-likeness (QED) is 0.386. The highest BCUT2D eigenvalue weighted by atomic mass is 35.5. The van der Waals surface area contributed by atoms with Gasteiger partial charge in [-0.1, -0.05) is 66.2 Å². The van der Waals surface area contributed by atoms with Gasteiger partial charge in [0.25, 0.3) is 5.91 Å². The molecule has 5 rings (SSSR count). The van der Waals surface area contributed by atoms with Crippen LogP contribution >= 0.6 is 11.6 Å². The fourth-order valence-electron chi connectivity index (χ4n) is 3.43. The standard InChI is InChI=1S/C25H17ClN4O/c26-20-8-4-7-19(15-20)22-16-27-30-14-13-23(29-24(22)30)25(31)28-21-11-9-18(10-12-21)17-5-2-1-3-6-17/h1-16H,(H,28,31). The van der Waals surface area contributed by atoms with Gasteiger partial charge < -0.3 is 5.32 Å². The van der Waals surface area contributed by atoms with Crippen molar-refractivity contribution in [3.8, 4) is 22.3 Å². The average Bonchev–Trinajstić information content (AvgIpc) is 3.23. The summed E-state index contributed by atoms with van der Waals surface area (Å²) in [5.74, 6) is -0.284. The number of benzene rings is 3. The van der Waals surface area contributed by atoms with Crippen LogP contribution in [-0.4, -0.2) is 20.5 Å².